The maximum atomic E-state index is 12.2. The van der Waals surface area contributed by atoms with Crippen molar-refractivity contribution < 1.29 is 4.21 Å². The second-order valence-corrected chi connectivity index (χ2v) is 6.61. The summed E-state index contributed by atoms with van der Waals surface area (Å²) < 4.78 is 20.7. The van der Waals surface area contributed by atoms with Crippen LogP contribution in [0.25, 0.3) is 0 Å². The number of thiophene rings is 1. The van der Waals surface area contributed by atoms with Crippen LogP contribution in [0.1, 0.15) is 0 Å². The minimum Gasteiger partial charge on any atom is -0.244 e. The van der Waals surface area contributed by atoms with E-state index in [1.807, 2.05) is 5.38 Å². The molecule has 0 amide bonds. The molecule has 1 N–H and O–H groups in total. The van der Waals surface area contributed by atoms with E-state index in [0.717, 1.165) is 0 Å². The van der Waals surface area contributed by atoms with Gasteiger partial charge in [-0.15, -0.1) is 11.3 Å². The van der Waals surface area contributed by atoms with Crippen LogP contribution in [0.2, 0.25) is 5.02 Å². The summed E-state index contributed by atoms with van der Waals surface area (Å²) in [6.45, 7) is 0. The van der Waals surface area contributed by atoms with E-state index in [1.165, 1.54) is 11.3 Å². The highest BCUT2D eigenvalue weighted by Gasteiger charge is 2.13. The Hall–Kier alpha value is -0.840. The maximum absolute atomic E-state index is 12.2. The van der Waals surface area contributed by atoms with Crippen LogP contribution >= 0.6 is 22.9 Å². The molecule has 0 spiro atoms. The van der Waals surface area contributed by atoms with E-state index >= 15 is 0 Å². The first-order valence-corrected chi connectivity index (χ1v) is 7.00. The molecule has 1 aromatic heterocycles. The number of benzene rings is 1. The van der Waals surface area contributed by atoms with Crippen LogP contribution in [-0.4, -0.2) is 4.21 Å². The lowest BCUT2D eigenvalue weighted by Gasteiger charge is -2.04. The fraction of sp³-hybridized carbons (Fsp3) is 0. The summed E-state index contributed by atoms with van der Waals surface area (Å²) in [6.07, 6.45) is 0. The molecule has 0 aliphatic rings. The SMILES string of the molecule is N=[S@@](=O)(c1ccc(Cl)cc1)c1cccs1. The topological polar surface area (TPSA) is 40.9 Å². The molecule has 0 unspecified atom stereocenters. The average Bonchev–Trinajstić information content (AvgIpc) is 2.71. The highest BCUT2D eigenvalue weighted by atomic mass is 35.5. The number of rotatable bonds is 2. The molecular weight excluding hydrogens is 250 g/mol. The predicted octanol–water partition coefficient (Wildman–Crippen LogP) is 3.87. The van der Waals surface area contributed by atoms with Gasteiger partial charge in [0.25, 0.3) is 0 Å². The second-order valence-electron chi connectivity index (χ2n) is 2.94. The molecule has 0 aliphatic carbocycles. The van der Waals surface area contributed by atoms with E-state index in [2.05, 4.69) is 0 Å². The van der Waals surface area contributed by atoms with Crippen molar-refractivity contribution in [1.29, 1.82) is 4.78 Å². The van der Waals surface area contributed by atoms with E-state index in [9.17, 15) is 4.21 Å². The zero-order valence-electron chi connectivity index (χ0n) is 7.64. The Bertz CT molecular complexity index is 544. The van der Waals surface area contributed by atoms with Crippen LogP contribution in [-0.2, 0) is 9.73 Å². The minimum absolute atomic E-state index is 0.495. The number of hydrogen-bond acceptors (Lipinski definition) is 3. The smallest absolute Gasteiger partial charge is 0.111 e. The highest BCUT2D eigenvalue weighted by molar-refractivity contribution is 7.94. The third kappa shape index (κ3) is 2.07. The van der Waals surface area contributed by atoms with Crippen molar-refractivity contribution in [2.24, 2.45) is 0 Å². The molecular formula is C10H8ClNOS2. The molecule has 0 radical (unpaired) electrons. The first-order chi connectivity index (χ1) is 7.10. The molecule has 2 rings (SSSR count). The van der Waals surface area contributed by atoms with Gasteiger partial charge in [-0.1, -0.05) is 17.7 Å². The lowest BCUT2D eigenvalue weighted by molar-refractivity contribution is 0.676. The molecule has 2 nitrogen and oxygen atoms in total. The van der Waals surface area contributed by atoms with Gasteiger partial charge in [-0.3, -0.25) is 0 Å². The Morgan fingerprint density at radius 3 is 2.40 bits per heavy atom. The Kier molecular flexibility index (Phi) is 2.82. The maximum Gasteiger partial charge on any atom is 0.111 e. The zero-order chi connectivity index (χ0) is 10.9. The van der Waals surface area contributed by atoms with E-state index < -0.39 is 9.73 Å². The molecule has 5 heteroatoms. The standard InChI is InChI=1S/C10H8ClNOS2/c11-8-3-5-9(6-4-8)15(12,13)10-2-1-7-14-10/h1-7,12H/t15-/m1/s1. The summed E-state index contributed by atoms with van der Waals surface area (Å²) in [5.74, 6) is 0. The van der Waals surface area contributed by atoms with E-state index in [0.29, 0.717) is 14.1 Å². The zero-order valence-corrected chi connectivity index (χ0v) is 10.0. The summed E-state index contributed by atoms with van der Waals surface area (Å²) >= 11 is 7.07. The first-order valence-electron chi connectivity index (χ1n) is 4.18. The van der Waals surface area contributed by atoms with Crippen molar-refractivity contribution in [2.75, 3.05) is 0 Å². The molecule has 2 aromatic rings. The number of hydrogen-bond donors (Lipinski definition) is 1. The van der Waals surface area contributed by atoms with Gasteiger partial charge in [0.05, 0.1) is 4.90 Å². The Morgan fingerprint density at radius 1 is 1.20 bits per heavy atom. The summed E-state index contributed by atoms with van der Waals surface area (Å²) in [5, 5.41) is 2.40. The van der Waals surface area contributed by atoms with Gasteiger partial charge in [-0.05, 0) is 35.7 Å². The monoisotopic (exact) mass is 257 g/mol. The highest BCUT2D eigenvalue weighted by Crippen LogP contribution is 2.26. The van der Waals surface area contributed by atoms with Gasteiger partial charge in [-0.2, -0.15) is 0 Å². The second kappa shape index (κ2) is 3.96. The predicted molar refractivity (Wildman–Crippen MR) is 63.2 cm³/mol. The van der Waals surface area contributed by atoms with E-state index in [-0.39, 0.29) is 0 Å². The normalized spacial score (nSPS) is 14.7. The van der Waals surface area contributed by atoms with Gasteiger partial charge in [0, 0.05) is 5.02 Å². The van der Waals surface area contributed by atoms with Crippen molar-refractivity contribution in [3.63, 3.8) is 0 Å². The lowest BCUT2D eigenvalue weighted by atomic mass is 10.4. The van der Waals surface area contributed by atoms with Crippen molar-refractivity contribution in [2.45, 2.75) is 9.10 Å². The number of halogens is 1. The van der Waals surface area contributed by atoms with Gasteiger partial charge in [0.1, 0.15) is 13.9 Å². The molecule has 78 valence electrons. The fourth-order valence-corrected chi connectivity index (χ4v) is 3.76. The van der Waals surface area contributed by atoms with Crippen LogP contribution in [0, 0.1) is 4.78 Å². The summed E-state index contributed by atoms with van der Waals surface area (Å²) in [5.41, 5.74) is 0. The number of nitrogens with one attached hydrogen (secondary N) is 1. The van der Waals surface area contributed by atoms with Crippen LogP contribution < -0.4 is 0 Å². The average molecular weight is 258 g/mol. The van der Waals surface area contributed by atoms with Crippen LogP contribution in [0.4, 0.5) is 0 Å². The summed E-state index contributed by atoms with van der Waals surface area (Å²) in [4.78, 5) is 0.495. The van der Waals surface area contributed by atoms with Crippen molar-refractivity contribution in [3.05, 3.63) is 46.8 Å². The van der Waals surface area contributed by atoms with Gasteiger partial charge >= 0.3 is 0 Å². The van der Waals surface area contributed by atoms with Crippen molar-refractivity contribution in [3.8, 4) is 0 Å². The van der Waals surface area contributed by atoms with E-state index in [4.69, 9.17) is 16.4 Å². The molecule has 0 saturated heterocycles. The molecule has 1 heterocycles. The van der Waals surface area contributed by atoms with Crippen LogP contribution in [0.5, 0.6) is 0 Å². The fourth-order valence-electron chi connectivity index (χ4n) is 1.17. The Balaban J connectivity index is 2.52. The molecule has 1 atom stereocenters. The van der Waals surface area contributed by atoms with Crippen LogP contribution in [0.15, 0.2) is 50.9 Å². The molecule has 15 heavy (non-hydrogen) atoms. The lowest BCUT2D eigenvalue weighted by Crippen LogP contribution is -1.96. The van der Waals surface area contributed by atoms with Crippen molar-refractivity contribution >= 4 is 32.7 Å². The molecule has 1 aromatic carbocycles. The van der Waals surface area contributed by atoms with Gasteiger partial charge in [0.2, 0.25) is 0 Å². The molecule has 0 bridgehead atoms. The van der Waals surface area contributed by atoms with Gasteiger partial charge in [0.15, 0.2) is 0 Å². The minimum atomic E-state index is -2.85. The summed E-state index contributed by atoms with van der Waals surface area (Å²) in [7, 11) is -2.85. The first kappa shape index (κ1) is 10.7. The Labute approximate surface area is 97.5 Å². The summed E-state index contributed by atoms with van der Waals surface area (Å²) in [6, 6.07) is 10.1. The van der Waals surface area contributed by atoms with Gasteiger partial charge in [-0.25, -0.2) is 8.99 Å². The molecule has 0 saturated carbocycles. The quantitative estimate of drug-likeness (QED) is 0.872. The van der Waals surface area contributed by atoms with E-state index in [1.54, 1.807) is 36.4 Å². The Morgan fingerprint density at radius 2 is 1.87 bits per heavy atom. The largest absolute Gasteiger partial charge is 0.244 e. The van der Waals surface area contributed by atoms with Gasteiger partial charge < -0.3 is 0 Å². The third-order valence-electron chi connectivity index (χ3n) is 1.92. The van der Waals surface area contributed by atoms with Crippen LogP contribution in [0.3, 0.4) is 0 Å². The van der Waals surface area contributed by atoms with Crippen molar-refractivity contribution in [1.82, 2.24) is 0 Å². The molecule has 0 aliphatic heterocycles. The molecule has 0 fully saturated rings. The third-order valence-corrected chi connectivity index (χ3v) is 5.47.